The molecule has 4 aliphatic rings. The lowest BCUT2D eigenvalue weighted by Crippen LogP contribution is -2.54. The molecule has 2 saturated carbocycles. The van der Waals surface area contributed by atoms with Crippen LogP contribution in [-0.2, 0) is 11.2 Å². The molecular weight excluding hydrogens is 360 g/mol. The molecule has 5 atom stereocenters. The van der Waals surface area contributed by atoms with Gasteiger partial charge >= 0.3 is 0 Å². The van der Waals surface area contributed by atoms with Crippen molar-refractivity contribution < 1.29 is 14.6 Å². The van der Waals surface area contributed by atoms with E-state index in [0.29, 0.717) is 23.3 Å². The number of aromatic hydroxyl groups is 1. The minimum atomic E-state index is -0.0432. The molecule has 1 aliphatic heterocycles. The lowest BCUT2D eigenvalue weighted by atomic mass is 9.52. The largest absolute Gasteiger partial charge is 0.507 e. The zero-order chi connectivity index (χ0) is 20.6. The van der Waals surface area contributed by atoms with Gasteiger partial charge < -0.3 is 9.84 Å². The van der Waals surface area contributed by atoms with Crippen molar-refractivity contribution in [3.05, 3.63) is 41.2 Å². The Labute approximate surface area is 174 Å². The van der Waals surface area contributed by atoms with E-state index in [0.717, 1.165) is 44.1 Å². The van der Waals surface area contributed by atoms with Crippen molar-refractivity contribution in [2.24, 2.45) is 22.7 Å². The van der Waals surface area contributed by atoms with Gasteiger partial charge in [0.1, 0.15) is 11.4 Å². The van der Waals surface area contributed by atoms with Crippen molar-refractivity contribution >= 4 is 6.29 Å². The standard InChI is InChI=1S/C26H34O3/c1-16-24(2,3)11-12-26(29-16)10-8-22-20-6-5-17-14-23(28)18(15-27)13-21(17)19(20)7-9-25(22,26)4/h13-15,19-20,22,28H,1,5-12H2,2-4H3/t19?,20?,22?,25-,26+/m0/s1. The maximum absolute atomic E-state index is 11.4. The molecule has 1 aromatic rings. The molecule has 0 radical (unpaired) electrons. The van der Waals surface area contributed by atoms with Gasteiger partial charge in [-0.2, -0.15) is 0 Å². The summed E-state index contributed by atoms with van der Waals surface area (Å²) in [7, 11) is 0. The fourth-order valence-electron chi connectivity index (χ4n) is 7.47. The summed E-state index contributed by atoms with van der Waals surface area (Å²) in [5, 5.41) is 10.1. The van der Waals surface area contributed by atoms with E-state index in [1.54, 1.807) is 0 Å². The second-order valence-electron chi connectivity index (χ2n) is 11.0. The number of hydrogen-bond acceptors (Lipinski definition) is 3. The van der Waals surface area contributed by atoms with Crippen LogP contribution < -0.4 is 0 Å². The highest BCUT2D eigenvalue weighted by atomic mass is 16.5. The van der Waals surface area contributed by atoms with Crippen LogP contribution in [0.2, 0.25) is 0 Å². The summed E-state index contributed by atoms with van der Waals surface area (Å²) in [4.78, 5) is 11.4. The molecular formula is C26H34O3. The van der Waals surface area contributed by atoms with E-state index in [9.17, 15) is 9.90 Å². The molecule has 29 heavy (non-hydrogen) atoms. The van der Waals surface area contributed by atoms with Gasteiger partial charge in [0.2, 0.25) is 0 Å². The summed E-state index contributed by atoms with van der Waals surface area (Å²) in [6.07, 6.45) is 9.98. The number of rotatable bonds is 1. The number of carbonyl (C=O) groups is 1. The number of carbonyl (C=O) groups excluding carboxylic acids is 1. The smallest absolute Gasteiger partial charge is 0.153 e. The summed E-state index contributed by atoms with van der Waals surface area (Å²) in [6, 6.07) is 3.82. The minimum Gasteiger partial charge on any atom is -0.507 e. The van der Waals surface area contributed by atoms with Crippen molar-refractivity contribution in [1.29, 1.82) is 0 Å². The molecule has 1 spiro atoms. The second kappa shape index (κ2) is 6.12. The van der Waals surface area contributed by atoms with E-state index < -0.39 is 0 Å². The van der Waals surface area contributed by atoms with E-state index in [-0.39, 0.29) is 22.2 Å². The van der Waals surface area contributed by atoms with Crippen LogP contribution >= 0.6 is 0 Å². The van der Waals surface area contributed by atoms with Gasteiger partial charge in [-0.1, -0.05) is 27.4 Å². The maximum Gasteiger partial charge on any atom is 0.153 e. The summed E-state index contributed by atoms with van der Waals surface area (Å²) < 4.78 is 6.75. The van der Waals surface area contributed by atoms with Crippen LogP contribution in [0.3, 0.4) is 0 Å². The first-order chi connectivity index (χ1) is 13.7. The van der Waals surface area contributed by atoms with Gasteiger partial charge in [-0.15, -0.1) is 0 Å². The van der Waals surface area contributed by atoms with Crippen molar-refractivity contribution in [2.45, 2.75) is 83.7 Å². The van der Waals surface area contributed by atoms with E-state index >= 15 is 0 Å². The molecule has 1 N–H and O–H groups in total. The van der Waals surface area contributed by atoms with Gasteiger partial charge in [0.15, 0.2) is 6.29 Å². The van der Waals surface area contributed by atoms with Gasteiger partial charge in [0.25, 0.3) is 0 Å². The quantitative estimate of drug-likeness (QED) is 0.581. The third kappa shape index (κ3) is 2.52. The lowest BCUT2D eigenvalue weighted by Gasteiger charge is -2.57. The molecule has 0 bridgehead atoms. The predicted octanol–water partition coefficient (Wildman–Crippen LogP) is 6.15. The molecule has 1 aromatic carbocycles. The first-order valence-corrected chi connectivity index (χ1v) is 11.4. The SMILES string of the molecule is C=C1O[C@]2(CCC3C4CCc5cc(O)c(C=O)cc5C4CC[C@@]32C)CCC1(C)C. The molecule has 1 heterocycles. The molecule has 156 valence electrons. The first kappa shape index (κ1) is 19.2. The van der Waals surface area contributed by atoms with Gasteiger partial charge in [0, 0.05) is 10.8 Å². The van der Waals surface area contributed by atoms with Gasteiger partial charge in [0.05, 0.1) is 11.3 Å². The van der Waals surface area contributed by atoms with Crippen LogP contribution in [0.1, 0.15) is 93.1 Å². The lowest BCUT2D eigenvalue weighted by molar-refractivity contribution is -0.158. The fourth-order valence-corrected chi connectivity index (χ4v) is 7.47. The average Bonchev–Trinajstić information content (AvgIpc) is 2.97. The Balaban J connectivity index is 1.48. The highest BCUT2D eigenvalue weighted by Crippen LogP contribution is 2.68. The highest BCUT2D eigenvalue weighted by molar-refractivity contribution is 5.80. The number of aryl methyl sites for hydroxylation is 1. The average molecular weight is 395 g/mol. The summed E-state index contributed by atoms with van der Waals surface area (Å²) in [6.45, 7) is 11.3. The minimum absolute atomic E-state index is 0.0432. The molecule has 3 nitrogen and oxygen atoms in total. The van der Waals surface area contributed by atoms with Crippen LogP contribution in [0.4, 0.5) is 0 Å². The van der Waals surface area contributed by atoms with Gasteiger partial charge in [-0.25, -0.2) is 0 Å². The van der Waals surface area contributed by atoms with Gasteiger partial charge in [-0.05, 0) is 92.4 Å². The molecule has 3 aliphatic carbocycles. The van der Waals surface area contributed by atoms with E-state index in [2.05, 4.69) is 27.4 Å². The molecule has 1 saturated heterocycles. The third-order valence-corrected chi connectivity index (χ3v) is 9.52. The van der Waals surface area contributed by atoms with Crippen molar-refractivity contribution in [3.8, 4) is 5.75 Å². The normalized spacial score (nSPS) is 40.0. The molecule has 0 amide bonds. The van der Waals surface area contributed by atoms with E-state index in [1.807, 2.05) is 12.1 Å². The number of aldehydes is 1. The summed E-state index contributed by atoms with van der Waals surface area (Å²) >= 11 is 0. The predicted molar refractivity (Wildman–Crippen MR) is 114 cm³/mol. The zero-order valence-electron chi connectivity index (χ0n) is 18.1. The summed E-state index contributed by atoms with van der Waals surface area (Å²) in [5.41, 5.74) is 3.24. The highest BCUT2D eigenvalue weighted by Gasteiger charge is 2.64. The fraction of sp³-hybridized carbons (Fsp3) is 0.654. The number of hydrogen-bond donors (Lipinski definition) is 1. The topological polar surface area (TPSA) is 46.5 Å². The van der Waals surface area contributed by atoms with Crippen molar-refractivity contribution in [3.63, 3.8) is 0 Å². The molecule has 3 heteroatoms. The van der Waals surface area contributed by atoms with Crippen LogP contribution in [0.5, 0.6) is 5.75 Å². The van der Waals surface area contributed by atoms with Crippen LogP contribution in [0.25, 0.3) is 0 Å². The van der Waals surface area contributed by atoms with Crippen LogP contribution in [-0.4, -0.2) is 17.0 Å². The Morgan fingerprint density at radius 3 is 2.62 bits per heavy atom. The molecule has 3 fully saturated rings. The Morgan fingerprint density at radius 1 is 1.10 bits per heavy atom. The van der Waals surface area contributed by atoms with Crippen molar-refractivity contribution in [2.75, 3.05) is 0 Å². The van der Waals surface area contributed by atoms with Crippen LogP contribution in [0, 0.1) is 22.7 Å². The number of phenols is 1. The Hall–Kier alpha value is -1.77. The Kier molecular flexibility index (Phi) is 4.05. The number of fused-ring (bicyclic) bond motifs is 6. The molecule has 3 unspecified atom stereocenters. The molecule has 0 aromatic heterocycles. The third-order valence-electron chi connectivity index (χ3n) is 9.52. The maximum atomic E-state index is 11.4. The Morgan fingerprint density at radius 2 is 1.90 bits per heavy atom. The van der Waals surface area contributed by atoms with Gasteiger partial charge in [-0.3, -0.25) is 4.79 Å². The van der Waals surface area contributed by atoms with Crippen molar-refractivity contribution in [1.82, 2.24) is 0 Å². The molecule has 5 rings (SSSR count). The number of allylic oxidation sites excluding steroid dienone is 1. The zero-order valence-corrected chi connectivity index (χ0v) is 18.1. The number of benzene rings is 1. The number of ether oxygens (including phenoxy) is 1. The van der Waals surface area contributed by atoms with E-state index in [4.69, 9.17) is 4.74 Å². The van der Waals surface area contributed by atoms with Crippen LogP contribution in [0.15, 0.2) is 24.5 Å². The monoisotopic (exact) mass is 394 g/mol. The first-order valence-electron chi connectivity index (χ1n) is 11.4. The summed E-state index contributed by atoms with van der Waals surface area (Å²) in [5.74, 6) is 2.94. The Bertz CT molecular complexity index is 884. The van der Waals surface area contributed by atoms with E-state index in [1.165, 1.54) is 30.4 Å². The number of phenolic OH excluding ortho intramolecular Hbond substituents is 1. The second-order valence-corrected chi connectivity index (χ2v) is 11.0.